The summed E-state index contributed by atoms with van der Waals surface area (Å²) in [6.07, 6.45) is 2.23. The molecule has 1 aromatic carbocycles. The van der Waals surface area contributed by atoms with Crippen LogP contribution in [0.25, 0.3) is 0 Å². The van der Waals surface area contributed by atoms with Crippen molar-refractivity contribution in [2.45, 2.75) is 25.4 Å². The molecular formula is C13H22Cl2N2O. The lowest BCUT2D eigenvalue weighted by atomic mass is 10.1. The summed E-state index contributed by atoms with van der Waals surface area (Å²) in [5.74, 6) is 0.936. The van der Waals surface area contributed by atoms with Gasteiger partial charge in [-0.1, -0.05) is 12.1 Å². The summed E-state index contributed by atoms with van der Waals surface area (Å²) in [4.78, 5) is 2.46. The van der Waals surface area contributed by atoms with E-state index in [-0.39, 0.29) is 24.8 Å². The maximum Gasteiger partial charge on any atom is 0.119 e. The lowest BCUT2D eigenvalue weighted by Crippen LogP contribution is -2.39. The molecule has 2 rings (SSSR count). The van der Waals surface area contributed by atoms with Crippen molar-refractivity contribution in [3.63, 3.8) is 0 Å². The smallest absolute Gasteiger partial charge is 0.119 e. The molecule has 0 bridgehead atoms. The van der Waals surface area contributed by atoms with E-state index in [2.05, 4.69) is 17.0 Å². The SMILES string of the molecule is COc1cccc(CN2CCC(N)CC2)c1.Cl.Cl. The first-order valence-corrected chi connectivity index (χ1v) is 5.89. The second-order valence-electron chi connectivity index (χ2n) is 4.47. The second kappa shape index (κ2) is 8.59. The fourth-order valence-corrected chi connectivity index (χ4v) is 2.14. The Morgan fingerprint density at radius 3 is 2.56 bits per heavy atom. The Morgan fingerprint density at radius 1 is 1.28 bits per heavy atom. The lowest BCUT2D eigenvalue weighted by Gasteiger charge is -2.30. The molecule has 1 heterocycles. The average Bonchev–Trinajstić information content (AvgIpc) is 2.32. The topological polar surface area (TPSA) is 38.5 Å². The number of hydrogen-bond donors (Lipinski definition) is 1. The molecule has 0 atom stereocenters. The van der Waals surface area contributed by atoms with Crippen molar-refractivity contribution < 1.29 is 4.74 Å². The average molecular weight is 293 g/mol. The number of ether oxygens (including phenoxy) is 1. The minimum atomic E-state index is 0. The van der Waals surface area contributed by atoms with E-state index in [1.165, 1.54) is 5.56 Å². The van der Waals surface area contributed by atoms with Crippen LogP contribution in [0.15, 0.2) is 24.3 Å². The predicted molar refractivity (Wildman–Crippen MR) is 80.0 cm³/mol. The molecule has 0 aliphatic carbocycles. The quantitative estimate of drug-likeness (QED) is 0.930. The van der Waals surface area contributed by atoms with Gasteiger partial charge in [0.25, 0.3) is 0 Å². The number of halogens is 2. The molecule has 0 unspecified atom stereocenters. The van der Waals surface area contributed by atoms with Crippen LogP contribution in [0, 0.1) is 0 Å². The number of methoxy groups -OCH3 is 1. The summed E-state index contributed by atoms with van der Waals surface area (Å²) in [7, 11) is 1.71. The zero-order valence-electron chi connectivity index (χ0n) is 10.7. The summed E-state index contributed by atoms with van der Waals surface area (Å²) < 4.78 is 5.22. The lowest BCUT2D eigenvalue weighted by molar-refractivity contribution is 0.205. The molecule has 0 aromatic heterocycles. The van der Waals surface area contributed by atoms with E-state index in [1.807, 2.05) is 12.1 Å². The van der Waals surface area contributed by atoms with Gasteiger partial charge < -0.3 is 10.5 Å². The van der Waals surface area contributed by atoms with Crippen molar-refractivity contribution in [2.24, 2.45) is 5.73 Å². The highest BCUT2D eigenvalue weighted by Gasteiger charge is 2.15. The summed E-state index contributed by atoms with van der Waals surface area (Å²) in [6.45, 7) is 3.22. The normalized spacial score (nSPS) is 16.6. The summed E-state index contributed by atoms with van der Waals surface area (Å²) in [5, 5.41) is 0. The van der Waals surface area contributed by atoms with Gasteiger partial charge in [-0.2, -0.15) is 0 Å². The molecule has 1 aliphatic rings. The number of likely N-dealkylation sites (tertiary alicyclic amines) is 1. The van der Waals surface area contributed by atoms with Crippen LogP contribution in [0.2, 0.25) is 0 Å². The first-order valence-electron chi connectivity index (χ1n) is 5.89. The highest BCUT2D eigenvalue weighted by atomic mass is 35.5. The number of rotatable bonds is 3. The van der Waals surface area contributed by atoms with E-state index in [0.29, 0.717) is 6.04 Å². The fourth-order valence-electron chi connectivity index (χ4n) is 2.14. The van der Waals surface area contributed by atoms with E-state index >= 15 is 0 Å². The Balaban J connectivity index is 0.00000144. The van der Waals surface area contributed by atoms with Gasteiger partial charge in [0.05, 0.1) is 7.11 Å². The molecule has 0 spiro atoms. The van der Waals surface area contributed by atoms with Gasteiger partial charge in [0, 0.05) is 12.6 Å². The minimum Gasteiger partial charge on any atom is -0.497 e. The molecule has 3 nitrogen and oxygen atoms in total. The first-order chi connectivity index (χ1) is 7.78. The van der Waals surface area contributed by atoms with Gasteiger partial charge in [-0.25, -0.2) is 0 Å². The van der Waals surface area contributed by atoms with Crippen molar-refractivity contribution >= 4 is 24.8 Å². The number of benzene rings is 1. The van der Waals surface area contributed by atoms with Crippen LogP contribution in [0.1, 0.15) is 18.4 Å². The number of hydrogen-bond acceptors (Lipinski definition) is 3. The Bertz CT molecular complexity index is 342. The van der Waals surface area contributed by atoms with Crippen LogP contribution in [0.3, 0.4) is 0 Å². The molecule has 0 saturated carbocycles. The third-order valence-electron chi connectivity index (χ3n) is 3.17. The molecule has 1 aliphatic heterocycles. The van der Waals surface area contributed by atoms with Gasteiger partial charge in [-0.05, 0) is 43.6 Å². The predicted octanol–water partition coefficient (Wildman–Crippen LogP) is 2.46. The van der Waals surface area contributed by atoms with Gasteiger partial charge in [0.15, 0.2) is 0 Å². The van der Waals surface area contributed by atoms with Crippen molar-refractivity contribution in [2.75, 3.05) is 20.2 Å². The largest absolute Gasteiger partial charge is 0.497 e. The van der Waals surface area contributed by atoms with Crippen molar-refractivity contribution in [1.29, 1.82) is 0 Å². The van der Waals surface area contributed by atoms with Crippen LogP contribution < -0.4 is 10.5 Å². The van der Waals surface area contributed by atoms with Crippen LogP contribution in [0.5, 0.6) is 5.75 Å². The molecule has 104 valence electrons. The number of nitrogens with zero attached hydrogens (tertiary/aromatic N) is 1. The highest BCUT2D eigenvalue weighted by Crippen LogP contribution is 2.16. The molecular weight excluding hydrogens is 271 g/mol. The van der Waals surface area contributed by atoms with Gasteiger partial charge in [-0.3, -0.25) is 4.90 Å². The van der Waals surface area contributed by atoms with E-state index < -0.39 is 0 Å². The fraction of sp³-hybridized carbons (Fsp3) is 0.538. The van der Waals surface area contributed by atoms with Crippen molar-refractivity contribution in [3.8, 4) is 5.75 Å². The summed E-state index contributed by atoms with van der Waals surface area (Å²) in [6, 6.07) is 8.69. The van der Waals surface area contributed by atoms with Crippen LogP contribution in [-0.2, 0) is 6.54 Å². The Morgan fingerprint density at radius 2 is 1.94 bits per heavy atom. The number of nitrogens with two attached hydrogens (primary N) is 1. The third-order valence-corrected chi connectivity index (χ3v) is 3.17. The molecule has 2 N–H and O–H groups in total. The molecule has 1 aromatic rings. The van der Waals surface area contributed by atoms with Crippen LogP contribution in [-0.4, -0.2) is 31.1 Å². The van der Waals surface area contributed by atoms with E-state index in [0.717, 1.165) is 38.2 Å². The van der Waals surface area contributed by atoms with E-state index in [1.54, 1.807) is 7.11 Å². The molecule has 5 heteroatoms. The van der Waals surface area contributed by atoms with Crippen molar-refractivity contribution in [3.05, 3.63) is 29.8 Å². The maximum atomic E-state index is 5.89. The van der Waals surface area contributed by atoms with Crippen molar-refractivity contribution in [1.82, 2.24) is 4.90 Å². The summed E-state index contributed by atoms with van der Waals surface area (Å²) in [5.41, 5.74) is 7.20. The highest BCUT2D eigenvalue weighted by molar-refractivity contribution is 5.85. The Kier molecular flexibility index (Phi) is 8.36. The van der Waals surface area contributed by atoms with Gasteiger partial charge >= 0.3 is 0 Å². The second-order valence-corrected chi connectivity index (χ2v) is 4.47. The van der Waals surface area contributed by atoms with Crippen LogP contribution >= 0.6 is 24.8 Å². The van der Waals surface area contributed by atoms with Gasteiger partial charge in [0.2, 0.25) is 0 Å². The molecule has 1 saturated heterocycles. The Labute approximate surface area is 121 Å². The molecule has 0 radical (unpaired) electrons. The van der Waals surface area contributed by atoms with E-state index in [4.69, 9.17) is 10.5 Å². The van der Waals surface area contributed by atoms with E-state index in [9.17, 15) is 0 Å². The zero-order valence-corrected chi connectivity index (χ0v) is 12.3. The zero-order chi connectivity index (χ0) is 11.4. The maximum absolute atomic E-state index is 5.89. The first kappa shape index (κ1) is 17.5. The molecule has 0 amide bonds. The molecule has 18 heavy (non-hydrogen) atoms. The molecule has 1 fully saturated rings. The standard InChI is InChI=1S/C13H20N2O.2ClH/c1-16-13-4-2-3-11(9-13)10-15-7-5-12(14)6-8-15;;/h2-4,9,12H,5-8,10,14H2,1H3;2*1H. The minimum absolute atomic E-state index is 0. The Hall–Kier alpha value is -0.480. The number of piperidine rings is 1. The van der Waals surface area contributed by atoms with Crippen LogP contribution in [0.4, 0.5) is 0 Å². The monoisotopic (exact) mass is 292 g/mol. The summed E-state index contributed by atoms with van der Waals surface area (Å²) >= 11 is 0. The third kappa shape index (κ3) is 5.02. The van der Waals surface area contributed by atoms with Gasteiger partial charge in [-0.15, -0.1) is 24.8 Å². The van der Waals surface area contributed by atoms with Gasteiger partial charge in [0.1, 0.15) is 5.75 Å².